The lowest BCUT2D eigenvalue weighted by atomic mass is 10.3. The molecule has 0 bridgehead atoms. The molecule has 0 spiro atoms. The molecule has 0 aliphatic carbocycles. The first-order chi connectivity index (χ1) is 8.15. The van der Waals surface area contributed by atoms with Gasteiger partial charge in [-0.2, -0.15) is 4.39 Å². The second kappa shape index (κ2) is 5.01. The minimum atomic E-state index is -0.533. The Morgan fingerprint density at radius 3 is 2.82 bits per heavy atom. The maximum atomic E-state index is 12.8. The van der Waals surface area contributed by atoms with Crippen LogP contribution in [0.1, 0.15) is 5.69 Å². The summed E-state index contributed by atoms with van der Waals surface area (Å²) in [6, 6.07) is 9.46. The molecule has 0 saturated heterocycles. The number of hydrogen-bond acceptors (Lipinski definition) is 3. The molecule has 17 heavy (non-hydrogen) atoms. The van der Waals surface area contributed by atoms with E-state index in [0.29, 0.717) is 22.2 Å². The first-order valence-electron chi connectivity index (χ1n) is 4.94. The van der Waals surface area contributed by atoms with Crippen LogP contribution in [0.3, 0.4) is 0 Å². The number of anilines is 1. The Hall–Kier alpha value is -1.81. The number of hydrogen-bond donors (Lipinski definition) is 1. The van der Waals surface area contributed by atoms with E-state index in [-0.39, 0.29) is 6.61 Å². The average Bonchev–Trinajstić information content (AvgIpc) is 2.28. The van der Waals surface area contributed by atoms with Crippen molar-refractivity contribution in [2.45, 2.75) is 6.61 Å². The second-order valence-corrected chi connectivity index (χ2v) is 3.84. The fraction of sp³-hybridized carbons (Fsp3) is 0.0833. The number of aromatic nitrogens is 1. The molecule has 0 amide bonds. The van der Waals surface area contributed by atoms with E-state index in [4.69, 9.17) is 22.1 Å². The van der Waals surface area contributed by atoms with Crippen LogP contribution in [0.4, 0.5) is 10.1 Å². The van der Waals surface area contributed by atoms with E-state index in [1.54, 1.807) is 30.3 Å². The van der Waals surface area contributed by atoms with E-state index < -0.39 is 5.95 Å². The van der Waals surface area contributed by atoms with E-state index in [2.05, 4.69) is 4.98 Å². The number of pyridine rings is 1. The van der Waals surface area contributed by atoms with Gasteiger partial charge in [0, 0.05) is 5.69 Å². The molecule has 0 atom stereocenters. The van der Waals surface area contributed by atoms with Crippen molar-refractivity contribution in [2.24, 2.45) is 0 Å². The van der Waals surface area contributed by atoms with E-state index in [1.165, 1.54) is 6.07 Å². The molecule has 0 radical (unpaired) electrons. The first-order valence-corrected chi connectivity index (χ1v) is 5.32. The number of ether oxygens (including phenoxy) is 1. The normalized spacial score (nSPS) is 10.2. The third-order valence-electron chi connectivity index (χ3n) is 2.10. The van der Waals surface area contributed by atoms with Gasteiger partial charge in [0.25, 0.3) is 0 Å². The van der Waals surface area contributed by atoms with Gasteiger partial charge in [0.2, 0.25) is 5.95 Å². The minimum Gasteiger partial charge on any atom is -0.486 e. The third-order valence-corrected chi connectivity index (χ3v) is 2.40. The third kappa shape index (κ3) is 3.07. The monoisotopic (exact) mass is 252 g/mol. The number of nitrogens with two attached hydrogens (primary N) is 1. The standard InChI is InChI=1S/C12H10ClFN2O/c13-10-6-8(15)4-5-11(10)17-7-9-2-1-3-12(14)16-9/h1-6H,7,15H2. The van der Waals surface area contributed by atoms with Crippen LogP contribution in [0, 0.1) is 5.95 Å². The van der Waals surface area contributed by atoms with Crippen LogP contribution in [0.15, 0.2) is 36.4 Å². The van der Waals surface area contributed by atoms with Crippen LogP contribution in [0.2, 0.25) is 5.02 Å². The molecule has 0 saturated carbocycles. The molecule has 3 nitrogen and oxygen atoms in total. The van der Waals surface area contributed by atoms with Crippen LogP contribution < -0.4 is 10.5 Å². The van der Waals surface area contributed by atoms with Crippen molar-refractivity contribution < 1.29 is 9.13 Å². The summed E-state index contributed by atoms with van der Waals surface area (Å²) in [6.07, 6.45) is 0. The second-order valence-electron chi connectivity index (χ2n) is 3.43. The summed E-state index contributed by atoms with van der Waals surface area (Å²) in [6.45, 7) is 0.154. The fourth-order valence-corrected chi connectivity index (χ4v) is 1.56. The van der Waals surface area contributed by atoms with Crippen LogP contribution in [-0.2, 0) is 6.61 Å². The first kappa shape index (κ1) is 11.7. The Balaban J connectivity index is 2.07. The highest BCUT2D eigenvalue weighted by Gasteiger charge is 2.03. The average molecular weight is 253 g/mol. The molecule has 0 unspecified atom stereocenters. The zero-order valence-corrected chi connectivity index (χ0v) is 9.62. The van der Waals surface area contributed by atoms with Gasteiger partial charge in [-0.3, -0.25) is 0 Å². The zero-order valence-electron chi connectivity index (χ0n) is 8.86. The Morgan fingerprint density at radius 2 is 2.12 bits per heavy atom. The molecule has 0 aliphatic heterocycles. The molecule has 1 aromatic carbocycles. The van der Waals surface area contributed by atoms with Crippen LogP contribution in [-0.4, -0.2) is 4.98 Å². The van der Waals surface area contributed by atoms with E-state index in [1.807, 2.05) is 0 Å². The van der Waals surface area contributed by atoms with E-state index in [9.17, 15) is 4.39 Å². The summed E-state index contributed by atoms with van der Waals surface area (Å²) in [5, 5.41) is 0.418. The van der Waals surface area contributed by atoms with Crippen molar-refractivity contribution in [1.29, 1.82) is 0 Å². The summed E-state index contributed by atoms with van der Waals surface area (Å²) in [5.74, 6) is -0.0403. The molecule has 88 valence electrons. The zero-order chi connectivity index (χ0) is 12.3. The van der Waals surface area contributed by atoms with Crippen molar-refractivity contribution in [3.05, 3.63) is 53.1 Å². The van der Waals surface area contributed by atoms with Gasteiger partial charge in [0.15, 0.2) is 0 Å². The van der Waals surface area contributed by atoms with Crippen molar-refractivity contribution >= 4 is 17.3 Å². The number of halogens is 2. The van der Waals surface area contributed by atoms with Gasteiger partial charge < -0.3 is 10.5 Å². The Kier molecular flexibility index (Phi) is 3.44. The van der Waals surface area contributed by atoms with Gasteiger partial charge in [-0.05, 0) is 30.3 Å². The Labute approximate surface area is 103 Å². The maximum Gasteiger partial charge on any atom is 0.213 e. The molecule has 0 fully saturated rings. The van der Waals surface area contributed by atoms with Crippen molar-refractivity contribution in [2.75, 3.05) is 5.73 Å². The highest BCUT2D eigenvalue weighted by molar-refractivity contribution is 6.32. The lowest BCUT2D eigenvalue weighted by Crippen LogP contribution is -2.00. The topological polar surface area (TPSA) is 48.1 Å². The van der Waals surface area contributed by atoms with Gasteiger partial charge in [-0.25, -0.2) is 4.98 Å². The molecule has 2 rings (SSSR count). The quantitative estimate of drug-likeness (QED) is 0.675. The maximum absolute atomic E-state index is 12.8. The molecule has 1 aromatic heterocycles. The summed E-state index contributed by atoms with van der Waals surface area (Å²) >= 11 is 5.93. The Morgan fingerprint density at radius 1 is 1.29 bits per heavy atom. The lowest BCUT2D eigenvalue weighted by molar-refractivity contribution is 0.299. The predicted molar refractivity (Wildman–Crippen MR) is 64.4 cm³/mol. The van der Waals surface area contributed by atoms with Gasteiger partial charge in [-0.15, -0.1) is 0 Å². The van der Waals surface area contributed by atoms with Crippen LogP contribution in [0.25, 0.3) is 0 Å². The SMILES string of the molecule is Nc1ccc(OCc2cccc(F)n2)c(Cl)c1. The summed E-state index contributed by atoms with van der Waals surface area (Å²) in [4.78, 5) is 3.68. The largest absolute Gasteiger partial charge is 0.486 e. The Bertz CT molecular complexity index is 534. The molecule has 1 heterocycles. The van der Waals surface area contributed by atoms with Crippen molar-refractivity contribution in [3.8, 4) is 5.75 Å². The van der Waals surface area contributed by atoms with Crippen LogP contribution >= 0.6 is 11.6 Å². The molecule has 2 N–H and O–H groups in total. The molecular formula is C12H10ClFN2O. The van der Waals surface area contributed by atoms with Gasteiger partial charge in [0.05, 0.1) is 10.7 Å². The lowest BCUT2D eigenvalue weighted by Gasteiger charge is -2.07. The predicted octanol–water partition coefficient (Wildman–Crippen LogP) is 3.04. The van der Waals surface area contributed by atoms with Gasteiger partial charge in [0.1, 0.15) is 12.4 Å². The van der Waals surface area contributed by atoms with Gasteiger partial charge >= 0.3 is 0 Å². The highest BCUT2D eigenvalue weighted by atomic mass is 35.5. The van der Waals surface area contributed by atoms with Crippen molar-refractivity contribution in [1.82, 2.24) is 4.98 Å². The molecule has 2 aromatic rings. The van der Waals surface area contributed by atoms with Crippen molar-refractivity contribution in [3.63, 3.8) is 0 Å². The van der Waals surface area contributed by atoms with Crippen LogP contribution in [0.5, 0.6) is 5.75 Å². The molecule has 0 aliphatic rings. The number of benzene rings is 1. The number of nitrogens with zero attached hydrogens (tertiary/aromatic N) is 1. The van der Waals surface area contributed by atoms with E-state index in [0.717, 1.165) is 0 Å². The smallest absolute Gasteiger partial charge is 0.213 e. The minimum absolute atomic E-state index is 0.154. The number of rotatable bonds is 3. The van der Waals surface area contributed by atoms with E-state index >= 15 is 0 Å². The summed E-state index contributed by atoms with van der Waals surface area (Å²) in [7, 11) is 0. The summed E-state index contributed by atoms with van der Waals surface area (Å²) < 4.78 is 18.2. The number of nitrogen functional groups attached to an aromatic ring is 1. The van der Waals surface area contributed by atoms with Gasteiger partial charge in [-0.1, -0.05) is 17.7 Å². The fourth-order valence-electron chi connectivity index (χ4n) is 1.32. The molecule has 5 heteroatoms. The summed E-state index contributed by atoms with van der Waals surface area (Å²) in [5.41, 5.74) is 6.61. The highest BCUT2D eigenvalue weighted by Crippen LogP contribution is 2.26. The molecular weight excluding hydrogens is 243 g/mol.